The fourth-order valence-corrected chi connectivity index (χ4v) is 7.47. The summed E-state index contributed by atoms with van der Waals surface area (Å²) in [7, 11) is 2.14. The number of rotatable bonds is 7. The van der Waals surface area contributed by atoms with Crippen LogP contribution in [0.1, 0.15) is 52.2 Å². The molecule has 3 aromatic rings. The minimum atomic E-state index is -0.384. The van der Waals surface area contributed by atoms with E-state index in [1.807, 2.05) is 30.4 Å². The molecule has 0 radical (unpaired) electrons. The van der Waals surface area contributed by atoms with E-state index in [1.165, 1.54) is 39.5 Å². The topological polar surface area (TPSA) is 43.4 Å². The van der Waals surface area contributed by atoms with E-state index in [-0.39, 0.29) is 26.6 Å². The molecule has 0 saturated carbocycles. The standard InChI is InChI=1S/C35H40N2O2S/c1-25(38)40-24-14-23-37(39)30-18-13-12-17-28(30)34(2,3)32(37)20-9-7-8-19-31-35(4,5)33-27-16-11-10-15-26(27)21-22-29(33)36(31)6/h7-13,15-22,32H,14,23-24H2,1-6H3/b8-7+,20-9+,31-19+. The summed E-state index contributed by atoms with van der Waals surface area (Å²) in [4.78, 5) is 13.7. The number of benzene rings is 3. The molecule has 0 aliphatic carbocycles. The van der Waals surface area contributed by atoms with Gasteiger partial charge in [0.15, 0.2) is 5.12 Å². The number of para-hydroxylation sites is 1. The number of nitrogens with zero attached hydrogens (tertiary/aromatic N) is 2. The molecule has 0 fully saturated rings. The van der Waals surface area contributed by atoms with Crippen molar-refractivity contribution in [2.24, 2.45) is 0 Å². The minimum Gasteiger partial charge on any atom is -0.627 e. The molecule has 2 unspecified atom stereocenters. The van der Waals surface area contributed by atoms with Crippen molar-refractivity contribution in [1.29, 1.82) is 0 Å². The zero-order valence-electron chi connectivity index (χ0n) is 24.5. The molecule has 0 aromatic heterocycles. The van der Waals surface area contributed by atoms with Crippen LogP contribution >= 0.6 is 11.8 Å². The van der Waals surface area contributed by atoms with E-state index >= 15 is 0 Å². The Bertz CT molecular complexity index is 1530. The van der Waals surface area contributed by atoms with Crippen LogP contribution in [0.3, 0.4) is 0 Å². The van der Waals surface area contributed by atoms with E-state index in [9.17, 15) is 10.0 Å². The lowest BCUT2D eigenvalue weighted by molar-refractivity contribution is -0.109. The first kappa shape index (κ1) is 28.4. The van der Waals surface area contributed by atoms with E-state index in [0.717, 1.165) is 11.3 Å². The maximum atomic E-state index is 14.5. The van der Waals surface area contributed by atoms with Crippen molar-refractivity contribution in [2.75, 3.05) is 24.2 Å². The van der Waals surface area contributed by atoms with Crippen LogP contribution in [0.4, 0.5) is 11.4 Å². The van der Waals surface area contributed by atoms with Crippen molar-refractivity contribution in [2.45, 2.75) is 57.9 Å². The van der Waals surface area contributed by atoms with Crippen LogP contribution in [0.5, 0.6) is 0 Å². The maximum absolute atomic E-state index is 14.5. The quantitative estimate of drug-likeness (QED) is 0.128. The number of fused-ring (bicyclic) bond motifs is 4. The number of thioether (sulfide) groups is 1. The molecule has 0 N–H and O–H groups in total. The van der Waals surface area contributed by atoms with Crippen molar-refractivity contribution in [3.63, 3.8) is 0 Å². The summed E-state index contributed by atoms with van der Waals surface area (Å²) in [6.45, 7) is 11.0. The number of hydrogen-bond donors (Lipinski definition) is 0. The average molecular weight is 553 g/mol. The van der Waals surface area contributed by atoms with Crippen molar-refractivity contribution in [1.82, 2.24) is 4.65 Å². The van der Waals surface area contributed by atoms with Crippen LogP contribution in [0.25, 0.3) is 10.8 Å². The molecular weight excluding hydrogens is 512 g/mol. The molecule has 3 aromatic carbocycles. The number of hydrogen-bond acceptors (Lipinski definition) is 4. The van der Waals surface area contributed by atoms with Gasteiger partial charge in [-0.15, -0.1) is 0 Å². The number of carbonyl (C=O) groups excluding carboxylic acids is 1. The summed E-state index contributed by atoms with van der Waals surface area (Å²) in [5.41, 5.74) is 5.39. The van der Waals surface area contributed by atoms with Gasteiger partial charge in [-0.1, -0.05) is 92.4 Å². The molecule has 5 rings (SSSR count). The van der Waals surface area contributed by atoms with Crippen LogP contribution in [-0.4, -0.2) is 30.5 Å². The lowest BCUT2D eigenvalue weighted by Crippen LogP contribution is -2.53. The number of quaternary nitrogens is 1. The Morgan fingerprint density at radius 2 is 1.73 bits per heavy atom. The van der Waals surface area contributed by atoms with Crippen LogP contribution in [0.15, 0.2) is 96.7 Å². The van der Waals surface area contributed by atoms with Gasteiger partial charge < -0.3 is 14.8 Å². The van der Waals surface area contributed by atoms with Crippen molar-refractivity contribution < 1.29 is 4.79 Å². The van der Waals surface area contributed by atoms with Gasteiger partial charge in [0.1, 0.15) is 11.7 Å². The van der Waals surface area contributed by atoms with E-state index in [1.54, 1.807) is 6.92 Å². The first-order valence-corrected chi connectivity index (χ1v) is 15.1. The molecular formula is C35H40N2O2S. The molecule has 4 nitrogen and oxygen atoms in total. The van der Waals surface area contributed by atoms with Gasteiger partial charge in [-0.25, -0.2) is 0 Å². The SMILES string of the molecule is CC(=O)SCCC[N+]1([O-])c2ccccc2C(C)(C)C1/C=C/C=C/C=C1/N(C)c2ccc3ccccc3c2C1(C)C. The van der Waals surface area contributed by atoms with Crippen molar-refractivity contribution >= 4 is 39.0 Å². The monoisotopic (exact) mass is 552 g/mol. The second-order valence-corrected chi connectivity index (χ2v) is 13.4. The largest absolute Gasteiger partial charge is 0.627 e. The number of anilines is 1. The van der Waals surface area contributed by atoms with E-state index in [0.29, 0.717) is 18.7 Å². The lowest BCUT2D eigenvalue weighted by Gasteiger charge is -2.46. The van der Waals surface area contributed by atoms with Gasteiger partial charge in [0.05, 0.1) is 12.0 Å². The number of carbonyl (C=O) groups is 1. The zero-order chi connectivity index (χ0) is 28.7. The molecule has 2 heterocycles. The van der Waals surface area contributed by atoms with E-state index in [4.69, 9.17) is 0 Å². The van der Waals surface area contributed by atoms with Gasteiger partial charge in [0, 0.05) is 48.5 Å². The van der Waals surface area contributed by atoms with Crippen LogP contribution in [0, 0.1) is 5.21 Å². The number of likely N-dealkylation sites (N-methyl/N-ethyl adjacent to an activating group) is 1. The number of hydroxylamine groups is 2. The zero-order valence-corrected chi connectivity index (χ0v) is 25.3. The van der Waals surface area contributed by atoms with Gasteiger partial charge in [-0.2, -0.15) is 0 Å². The molecule has 0 amide bonds. The molecule has 0 saturated heterocycles. The highest BCUT2D eigenvalue weighted by atomic mass is 32.2. The van der Waals surface area contributed by atoms with Crippen LogP contribution in [0.2, 0.25) is 0 Å². The van der Waals surface area contributed by atoms with Gasteiger partial charge >= 0.3 is 0 Å². The third-order valence-corrected chi connectivity index (χ3v) is 9.70. The molecule has 40 heavy (non-hydrogen) atoms. The second-order valence-electron chi connectivity index (χ2n) is 12.1. The molecule has 2 aliphatic heterocycles. The predicted octanol–water partition coefficient (Wildman–Crippen LogP) is 8.40. The Kier molecular flexibility index (Phi) is 7.60. The highest BCUT2D eigenvalue weighted by Gasteiger charge is 2.51. The van der Waals surface area contributed by atoms with Gasteiger partial charge in [-0.3, -0.25) is 4.79 Å². The highest BCUT2D eigenvalue weighted by molar-refractivity contribution is 8.13. The molecule has 5 heteroatoms. The highest BCUT2D eigenvalue weighted by Crippen LogP contribution is 2.51. The maximum Gasteiger partial charge on any atom is 0.185 e. The van der Waals surface area contributed by atoms with E-state index < -0.39 is 0 Å². The first-order valence-electron chi connectivity index (χ1n) is 14.1. The molecule has 0 bridgehead atoms. The van der Waals surface area contributed by atoms with Crippen molar-refractivity contribution in [3.8, 4) is 0 Å². The Morgan fingerprint density at radius 1 is 1.00 bits per heavy atom. The Balaban J connectivity index is 1.40. The summed E-state index contributed by atoms with van der Waals surface area (Å²) in [6.07, 6.45) is 11.2. The van der Waals surface area contributed by atoms with Gasteiger partial charge in [0.25, 0.3) is 0 Å². The van der Waals surface area contributed by atoms with Crippen molar-refractivity contribution in [3.05, 3.63) is 113 Å². The molecule has 2 atom stereocenters. The summed E-state index contributed by atoms with van der Waals surface area (Å²) >= 11 is 1.30. The Labute approximate surface area is 243 Å². The van der Waals surface area contributed by atoms with Crippen LogP contribution < -0.4 is 9.55 Å². The van der Waals surface area contributed by atoms with E-state index in [2.05, 4.69) is 100 Å². The van der Waals surface area contributed by atoms with Crippen LogP contribution in [-0.2, 0) is 15.6 Å². The smallest absolute Gasteiger partial charge is 0.185 e. The Hall–Kier alpha value is -3.12. The summed E-state index contributed by atoms with van der Waals surface area (Å²) in [5.74, 6) is 0.672. The minimum absolute atomic E-state index is 0.0997. The Morgan fingerprint density at radius 3 is 2.50 bits per heavy atom. The molecule has 0 spiro atoms. The predicted molar refractivity (Wildman–Crippen MR) is 173 cm³/mol. The van der Waals surface area contributed by atoms with Gasteiger partial charge in [-0.05, 0) is 54.5 Å². The fourth-order valence-electron chi connectivity index (χ4n) is 6.91. The summed E-state index contributed by atoms with van der Waals surface area (Å²) < 4.78 is -0.384. The summed E-state index contributed by atoms with van der Waals surface area (Å²) in [5, 5.41) is 17.2. The first-order chi connectivity index (χ1) is 19.0. The second kappa shape index (κ2) is 10.7. The average Bonchev–Trinajstić information content (AvgIpc) is 3.22. The van der Waals surface area contributed by atoms with Gasteiger partial charge in [0.2, 0.25) is 0 Å². The summed E-state index contributed by atoms with van der Waals surface area (Å²) in [6, 6.07) is 20.9. The third-order valence-electron chi connectivity index (χ3n) is 8.80. The normalized spacial score (nSPS) is 23.9. The molecule has 2 aliphatic rings. The number of allylic oxidation sites excluding steroid dienone is 5. The fraction of sp³-hybridized carbons (Fsp3) is 0.343. The molecule has 208 valence electrons. The third kappa shape index (κ3) is 4.74. The lowest BCUT2D eigenvalue weighted by atomic mass is 9.80.